The van der Waals surface area contributed by atoms with Gasteiger partial charge in [0, 0.05) is 11.8 Å². The van der Waals surface area contributed by atoms with Gasteiger partial charge in [-0.2, -0.15) is 8.42 Å². The molecule has 2 unspecified atom stereocenters. The van der Waals surface area contributed by atoms with Gasteiger partial charge in [-0.1, -0.05) is 12.2 Å². The zero-order valence-corrected chi connectivity index (χ0v) is 7.75. The minimum atomic E-state index is -3.27. The summed E-state index contributed by atoms with van der Waals surface area (Å²) in [7, 11) is -3.27. The van der Waals surface area contributed by atoms with E-state index < -0.39 is 10.1 Å². The van der Waals surface area contributed by atoms with Crippen LogP contribution in [0.25, 0.3) is 0 Å². The van der Waals surface area contributed by atoms with Gasteiger partial charge in [-0.25, -0.2) is 0 Å². The second-order valence-electron chi connectivity index (χ2n) is 3.55. The van der Waals surface area contributed by atoms with E-state index in [9.17, 15) is 8.42 Å². The normalized spacial score (nSPS) is 39.2. The predicted octanol–water partition coefficient (Wildman–Crippen LogP) is 0.927. The van der Waals surface area contributed by atoms with Crippen LogP contribution in [-0.4, -0.2) is 20.8 Å². The zero-order valence-electron chi connectivity index (χ0n) is 6.93. The molecule has 0 aromatic heterocycles. The summed E-state index contributed by atoms with van der Waals surface area (Å²) in [5.41, 5.74) is 0. The third kappa shape index (κ3) is 1.41. The third-order valence-corrected chi connectivity index (χ3v) is 3.14. The number of hydrogen-bond donors (Lipinski definition) is 0. The number of hydrogen-bond acceptors (Lipinski definition) is 3. The van der Waals surface area contributed by atoms with Gasteiger partial charge in [0.05, 0.1) is 12.4 Å². The Kier molecular flexibility index (Phi) is 1.77. The van der Waals surface area contributed by atoms with Crippen LogP contribution in [0.1, 0.15) is 12.8 Å². The molecule has 2 rings (SSSR count). The van der Waals surface area contributed by atoms with Crippen molar-refractivity contribution in [2.45, 2.75) is 18.9 Å². The van der Waals surface area contributed by atoms with E-state index in [0.717, 1.165) is 19.1 Å². The van der Waals surface area contributed by atoms with Crippen LogP contribution in [0, 0.1) is 11.8 Å². The molecule has 0 radical (unpaired) electrons. The summed E-state index contributed by atoms with van der Waals surface area (Å²) >= 11 is 0. The van der Waals surface area contributed by atoms with Crippen LogP contribution in [0.5, 0.6) is 0 Å². The van der Waals surface area contributed by atoms with Crippen LogP contribution in [-0.2, 0) is 14.3 Å². The van der Waals surface area contributed by atoms with Crippen molar-refractivity contribution in [2.24, 2.45) is 11.8 Å². The summed E-state index contributed by atoms with van der Waals surface area (Å²) in [4.78, 5) is 0. The minimum Gasteiger partial charge on any atom is -0.266 e. The van der Waals surface area contributed by atoms with Gasteiger partial charge in [0.2, 0.25) is 0 Å². The van der Waals surface area contributed by atoms with Crippen molar-refractivity contribution in [2.75, 3.05) is 6.26 Å². The molecule has 0 N–H and O–H groups in total. The Morgan fingerprint density at radius 2 is 1.75 bits per heavy atom. The minimum absolute atomic E-state index is 0.0972. The molecule has 4 heteroatoms. The van der Waals surface area contributed by atoms with Crippen molar-refractivity contribution < 1.29 is 12.6 Å². The molecular formula is C8H12O3S. The zero-order chi connectivity index (χ0) is 8.77. The molecule has 2 atom stereocenters. The summed E-state index contributed by atoms with van der Waals surface area (Å²) in [5.74, 6) is 0.675. The summed E-state index contributed by atoms with van der Waals surface area (Å²) in [6, 6.07) is 0. The fraction of sp³-hybridized carbons (Fsp3) is 0.750. The smallest absolute Gasteiger partial charge is 0.264 e. The summed E-state index contributed by atoms with van der Waals surface area (Å²) in [6.45, 7) is 0. The van der Waals surface area contributed by atoms with E-state index in [1.807, 2.05) is 0 Å². The highest BCUT2D eigenvalue weighted by atomic mass is 32.2. The van der Waals surface area contributed by atoms with Crippen molar-refractivity contribution >= 4 is 10.1 Å². The lowest BCUT2D eigenvalue weighted by molar-refractivity contribution is 0.173. The quantitative estimate of drug-likeness (QED) is 0.478. The Bertz CT molecular complexity index is 290. The topological polar surface area (TPSA) is 43.4 Å². The predicted molar refractivity (Wildman–Crippen MR) is 45.1 cm³/mol. The van der Waals surface area contributed by atoms with Gasteiger partial charge in [-0.15, -0.1) is 0 Å². The molecule has 1 fully saturated rings. The first-order valence-electron chi connectivity index (χ1n) is 4.13. The van der Waals surface area contributed by atoms with Gasteiger partial charge in [0.1, 0.15) is 0 Å². The second kappa shape index (κ2) is 2.57. The fourth-order valence-corrected chi connectivity index (χ4v) is 2.76. The van der Waals surface area contributed by atoms with Crippen LogP contribution < -0.4 is 0 Å². The molecule has 3 nitrogen and oxygen atoms in total. The molecule has 0 aromatic rings. The Balaban J connectivity index is 2.09. The van der Waals surface area contributed by atoms with E-state index in [-0.39, 0.29) is 6.10 Å². The van der Waals surface area contributed by atoms with Gasteiger partial charge >= 0.3 is 0 Å². The second-order valence-corrected chi connectivity index (χ2v) is 5.16. The maximum Gasteiger partial charge on any atom is 0.264 e. The Morgan fingerprint density at radius 1 is 1.25 bits per heavy atom. The van der Waals surface area contributed by atoms with Crippen LogP contribution in [0.3, 0.4) is 0 Å². The van der Waals surface area contributed by atoms with Crippen LogP contribution in [0.15, 0.2) is 12.2 Å². The highest BCUT2D eigenvalue weighted by Gasteiger charge is 2.40. The van der Waals surface area contributed by atoms with Gasteiger partial charge < -0.3 is 0 Å². The number of fused-ring (bicyclic) bond motifs is 2. The molecular weight excluding hydrogens is 176 g/mol. The molecule has 0 amide bonds. The molecule has 0 aliphatic heterocycles. The van der Waals surface area contributed by atoms with E-state index in [2.05, 4.69) is 12.2 Å². The average Bonchev–Trinajstić information content (AvgIpc) is 2.46. The number of rotatable bonds is 2. The Hall–Kier alpha value is -0.350. The van der Waals surface area contributed by atoms with Crippen molar-refractivity contribution in [3.63, 3.8) is 0 Å². The van der Waals surface area contributed by atoms with Gasteiger partial charge in [-0.05, 0) is 12.8 Å². The molecule has 68 valence electrons. The van der Waals surface area contributed by atoms with Crippen LogP contribution in [0.4, 0.5) is 0 Å². The SMILES string of the molecule is CS(=O)(=O)OC1C2C=CC1CC2. The van der Waals surface area contributed by atoms with E-state index in [1.165, 1.54) is 0 Å². The van der Waals surface area contributed by atoms with Crippen molar-refractivity contribution in [1.82, 2.24) is 0 Å². The molecule has 0 spiro atoms. The summed E-state index contributed by atoms with van der Waals surface area (Å²) in [5, 5.41) is 0. The highest BCUT2D eigenvalue weighted by molar-refractivity contribution is 7.86. The standard InChI is InChI=1S/C8H12O3S/c1-12(9,10)11-8-6-2-3-7(8)5-4-6/h2-3,6-8H,4-5H2,1H3. The maximum atomic E-state index is 10.9. The maximum absolute atomic E-state index is 10.9. The average molecular weight is 188 g/mol. The van der Waals surface area contributed by atoms with Gasteiger partial charge in [0.15, 0.2) is 0 Å². The third-order valence-electron chi connectivity index (χ3n) is 2.57. The van der Waals surface area contributed by atoms with Crippen LogP contribution >= 0.6 is 0 Å². The first kappa shape index (κ1) is 8.26. The van der Waals surface area contributed by atoms with Crippen molar-refractivity contribution in [3.05, 3.63) is 12.2 Å². The van der Waals surface area contributed by atoms with Crippen molar-refractivity contribution in [3.8, 4) is 0 Å². The molecule has 0 saturated heterocycles. The summed E-state index contributed by atoms with van der Waals surface area (Å²) in [6.07, 6.45) is 7.31. The largest absolute Gasteiger partial charge is 0.266 e. The lowest BCUT2D eigenvalue weighted by Crippen LogP contribution is -2.22. The molecule has 2 aliphatic carbocycles. The monoisotopic (exact) mass is 188 g/mol. The fourth-order valence-electron chi connectivity index (χ4n) is 2.07. The molecule has 12 heavy (non-hydrogen) atoms. The lowest BCUT2D eigenvalue weighted by Gasteiger charge is -2.14. The van der Waals surface area contributed by atoms with Crippen LogP contribution in [0.2, 0.25) is 0 Å². The Labute approximate surface area is 72.5 Å². The first-order chi connectivity index (χ1) is 5.56. The molecule has 2 aliphatic rings. The van der Waals surface area contributed by atoms with Gasteiger partial charge in [0.25, 0.3) is 10.1 Å². The first-order valence-corrected chi connectivity index (χ1v) is 5.94. The van der Waals surface area contributed by atoms with Gasteiger partial charge in [-0.3, -0.25) is 4.18 Å². The molecule has 1 saturated carbocycles. The van der Waals surface area contributed by atoms with Crippen molar-refractivity contribution in [1.29, 1.82) is 0 Å². The van der Waals surface area contributed by atoms with E-state index in [1.54, 1.807) is 0 Å². The molecule has 2 bridgehead atoms. The lowest BCUT2D eigenvalue weighted by atomic mass is 10.1. The highest BCUT2D eigenvalue weighted by Crippen LogP contribution is 2.41. The van der Waals surface area contributed by atoms with E-state index in [4.69, 9.17) is 4.18 Å². The van der Waals surface area contributed by atoms with E-state index in [0.29, 0.717) is 11.8 Å². The van der Waals surface area contributed by atoms with E-state index >= 15 is 0 Å². The Morgan fingerprint density at radius 3 is 2.08 bits per heavy atom. The molecule has 0 aromatic carbocycles. The molecule has 0 heterocycles. The summed E-state index contributed by atoms with van der Waals surface area (Å²) < 4.78 is 26.7.